The summed E-state index contributed by atoms with van der Waals surface area (Å²) in [4.78, 5) is 1.69. The van der Waals surface area contributed by atoms with Crippen LogP contribution < -0.4 is 5.32 Å². The number of nitrogens with zero attached hydrogens (tertiary/aromatic N) is 1. The molecule has 15 heavy (non-hydrogen) atoms. The summed E-state index contributed by atoms with van der Waals surface area (Å²) >= 11 is 0. The molecule has 2 unspecified atom stereocenters. The highest BCUT2D eigenvalue weighted by molar-refractivity contribution is 4.69. The van der Waals surface area contributed by atoms with Gasteiger partial charge in [0.25, 0.3) is 6.43 Å². The summed E-state index contributed by atoms with van der Waals surface area (Å²) in [7, 11) is 1.74. The maximum absolute atomic E-state index is 12.1. The lowest BCUT2D eigenvalue weighted by Crippen LogP contribution is -2.42. The van der Waals surface area contributed by atoms with Gasteiger partial charge in [-0.15, -0.1) is 0 Å². The van der Waals surface area contributed by atoms with E-state index in [0.29, 0.717) is 6.04 Å². The summed E-state index contributed by atoms with van der Waals surface area (Å²) in [5, 5.41) is 3.35. The molecule has 0 aromatic heterocycles. The molecule has 0 radical (unpaired) electrons. The van der Waals surface area contributed by atoms with Gasteiger partial charge in [0, 0.05) is 18.6 Å². The van der Waals surface area contributed by atoms with E-state index in [4.69, 9.17) is 0 Å². The standard InChI is InChI=1S/C11H24F2N2/c1-5-6-9(2)14-7-10(3)15(4)8-11(12)13/h9-11,14H,5-8H2,1-4H3. The lowest BCUT2D eigenvalue weighted by Gasteiger charge is -2.26. The van der Waals surface area contributed by atoms with E-state index in [-0.39, 0.29) is 12.6 Å². The van der Waals surface area contributed by atoms with Crippen LogP contribution in [0.2, 0.25) is 0 Å². The van der Waals surface area contributed by atoms with Crippen LogP contribution in [0.3, 0.4) is 0 Å². The van der Waals surface area contributed by atoms with Gasteiger partial charge in [0.15, 0.2) is 0 Å². The summed E-state index contributed by atoms with van der Waals surface area (Å²) in [6.45, 7) is 6.86. The summed E-state index contributed by atoms with van der Waals surface area (Å²) in [6.07, 6.45) is 0.0336. The van der Waals surface area contributed by atoms with E-state index >= 15 is 0 Å². The SMILES string of the molecule is CCCC(C)NCC(C)N(C)CC(F)F. The van der Waals surface area contributed by atoms with Gasteiger partial charge in [-0.2, -0.15) is 0 Å². The first-order chi connectivity index (χ1) is 6.97. The fourth-order valence-corrected chi connectivity index (χ4v) is 1.46. The van der Waals surface area contributed by atoms with Gasteiger partial charge in [-0.3, -0.25) is 4.90 Å². The number of nitrogens with one attached hydrogen (secondary N) is 1. The molecule has 92 valence electrons. The Hall–Kier alpha value is -0.220. The van der Waals surface area contributed by atoms with E-state index in [1.807, 2.05) is 6.92 Å². The monoisotopic (exact) mass is 222 g/mol. The molecule has 0 aliphatic heterocycles. The number of hydrogen-bond donors (Lipinski definition) is 1. The van der Waals surface area contributed by atoms with Gasteiger partial charge in [0.2, 0.25) is 0 Å². The molecule has 0 aromatic rings. The molecule has 0 bridgehead atoms. The number of alkyl halides is 2. The van der Waals surface area contributed by atoms with Crippen molar-refractivity contribution in [1.29, 1.82) is 0 Å². The summed E-state index contributed by atoms with van der Waals surface area (Å²) < 4.78 is 24.2. The van der Waals surface area contributed by atoms with Gasteiger partial charge < -0.3 is 5.32 Å². The first kappa shape index (κ1) is 14.8. The molecular weight excluding hydrogens is 198 g/mol. The average molecular weight is 222 g/mol. The Balaban J connectivity index is 3.67. The topological polar surface area (TPSA) is 15.3 Å². The molecular formula is C11H24F2N2. The van der Waals surface area contributed by atoms with Crippen LogP contribution in [-0.4, -0.2) is 43.5 Å². The van der Waals surface area contributed by atoms with Crippen LogP contribution in [-0.2, 0) is 0 Å². The third-order valence-corrected chi connectivity index (χ3v) is 2.66. The van der Waals surface area contributed by atoms with Crippen molar-refractivity contribution in [2.75, 3.05) is 20.1 Å². The number of hydrogen-bond acceptors (Lipinski definition) is 2. The minimum absolute atomic E-state index is 0.148. The minimum atomic E-state index is -2.24. The number of rotatable bonds is 8. The predicted octanol–water partition coefficient (Wildman–Crippen LogP) is 2.35. The Kier molecular flexibility index (Phi) is 7.88. The zero-order valence-corrected chi connectivity index (χ0v) is 10.3. The van der Waals surface area contributed by atoms with Gasteiger partial charge in [-0.05, 0) is 27.3 Å². The smallest absolute Gasteiger partial charge is 0.251 e. The lowest BCUT2D eigenvalue weighted by atomic mass is 10.2. The van der Waals surface area contributed by atoms with Crippen molar-refractivity contribution in [2.24, 2.45) is 0 Å². The minimum Gasteiger partial charge on any atom is -0.313 e. The van der Waals surface area contributed by atoms with Crippen LogP contribution in [0.5, 0.6) is 0 Å². The van der Waals surface area contributed by atoms with Crippen molar-refractivity contribution >= 4 is 0 Å². The summed E-state index contributed by atoms with van der Waals surface area (Å²) in [5.41, 5.74) is 0. The number of likely N-dealkylation sites (N-methyl/N-ethyl adjacent to an activating group) is 1. The lowest BCUT2D eigenvalue weighted by molar-refractivity contribution is 0.0835. The molecule has 0 aliphatic carbocycles. The second-order valence-corrected chi connectivity index (χ2v) is 4.28. The largest absolute Gasteiger partial charge is 0.313 e. The Morgan fingerprint density at radius 2 is 1.87 bits per heavy atom. The first-order valence-corrected chi connectivity index (χ1v) is 5.69. The second kappa shape index (κ2) is 7.99. The van der Waals surface area contributed by atoms with Crippen LogP contribution in [0, 0.1) is 0 Å². The highest BCUT2D eigenvalue weighted by Crippen LogP contribution is 2.01. The van der Waals surface area contributed by atoms with Gasteiger partial charge >= 0.3 is 0 Å². The van der Waals surface area contributed by atoms with Crippen molar-refractivity contribution < 1.29 is 8.78 Å². The molecule has 0 heterocycles. The highest BCUT2D eigenvalue weighted by atomic mass is 19.3. The van der Waals surface area contributed by atoms with E-state index in [1.165, 1.54) is 0 Å². The summed E-state index contributed by atoms with van der Waals surface area (Å²) in [5.74, 6) is 0. The normalized spacial score (nSPS) is 16.0. The van der Waals surface area contributed by atoms with Gasteiger partial charge in [-0.25, -0.2) is 8.78 Å². The molecule has 0 rings (SSSR count). The van der Waals surface area contributed by atoms with Crippen molar-refractivity contribution in [3.05, 3.63) is 0 Å². The van der Waals surface area contributed by atoms with Gasteiger partial charge in [-0.1, -0.05) is 13.3 Å². The third kappa shape index (κ3) is 7.68. The molecule has 0 aliphatic rings. The molecule has 0 amide bonds. The molecule has 2 nitrogen and oxygen atoms in total. The first-order valence-electron chi connectivity index (χ1n) is 5.69. The number of halogens is 2. The van der Waals surface area contributed by atoms with E-state index in [0.717, 1.165) is 19.4 Å². The third-order valence-electron chi connectivity index (χ3n) is 2.66. The molecule has 0 saturated heterocycles. The van der Waals surface area contributed by atoms with Crippen molar-refractivity contribution in [3.8, 4) is 0 Å². The maximum Gasteiger partial charge on any atom is 0.251 e. The van der Waals surface area contributed by atoms with Crippen LogP contribution >= 0.6 is 0 Å². The Labute approximate surface area is 92.0 Å². The van der Waals surface area contributed by atoms with Crippen molar-refractivity contribution in [3.63, 3.8) is 0 Å². The molecule has 1 N–H and O–H groups in total. The molecule has 4 heteroatoms. The van der Waals surface area contributed by atoms with Crippen molar-refractivity contribution in [1.82, 2.24) is 10.2 Å². The van der Waals surface area contributed by atoms with E-state index in [9.17, 15) is 8.78 Å². The quantitative estimate of drug-likeness (QED) is 0.678. The second-order valence-electron chi connectivity index (χ2n) is 4.28. The van der Waals surface area contributed by atoms with E-state index in [1.54, 1.807) is 11.9 Å². The zero-order valence-electron chi connectivity index (χ0n) is 10.3. The Bertz CT molecular complexity index is 154. The summed E-state index contributed by atoms with van der Waals surface area (Å²) in [6, 6.07) is 0.621. The molecule has 2 atom stereocenters. The highest BCUT2D eigenvalue weighted by Gasteiger charge is 2.14. The Morgan fingerprint density at radius 1 is 1.27 bits per heavy atom. The van der Waals surface area contributed by atoms with Crippen LogP contribution in [0.1, 0.15) is 33.6 Å². The predicted molar refractivity (Wildman–Crippen MR) is 60.5 cm³/mol. The zero-order chi connectivity index (χ0) is 11.8. The Morgan fingerprint density at radius 3 is 2.33 bits per heavy atom. The fourth-order valence-electron chi connectivity index (χ4n) is 1.46. The fraction of sp³-hybridized carbons (Fsp3) is 1.00. The van der Waals surface area contributed by atoms with Crippen LogP contribution in [0.25, 0.3) is 0 Å². The molecule has 0 aromatic carbocycles. The van der Waals surface area contributed by atoms with Gasteiger partial charge in [0.1, 0.15) is 0 Å². The maximum atomic E-state index is 12.1. The van der Waals surface area contributed by atoms with E-state index in [2.05, 4.69) is 19.2 Å². The molecule has 0 saturated carbocycles. The average Bonchev–Trinajstić information content (AvgIpc) is 2.13. The van der Waals surface area contributed by atoms with Gasteiger partial charge in [0.05, 0.1) is 6.54 Å². The van der Waals surface area contributed by atoms with Crippen LogP contribution in [0.15, 0.2) is 0 Å². The van der Waals surface area contributed by atoms with E-state index < -0.39 is 6.43 Å². The molecule has 0 spiro atoms. The van der Waals surface area contributed by atoms with Crippen LogP contribution in [0.4, 0.5) is 8.78 Å². The molecule has 0 fully saturated rings. The van der Waals surface area contributed by atoms with Crippen molar-refractivity contribution in [2.45, 2.75) is 52.1 Å².